The van der Waals surface area contributed by atoms with E-state index in [1.807, 2.05) is 31.2 Å². The highest BCUT2D eigenvalue weighted by molar-refractivity contribution is 6.31. The topological polar surface area (TPSA) is 41.1 Å². The summed E-state index contributed by atoms with van der Waals surface area (Å²) >= 11 is 6.13. The van der Waals surface area contributed by atoms with Crippen molar-refractivity contribution in [2.24, 2.45) is 5.92 Å². The summed E-state index contributed by atoms with van der Waals surface area (Å²) in [5.41, 5.74) is 0.974. The zero-order chi connectivity index (χ0) is 13.0. The van der Waals surface area contributed by atoms with Crippen molar-refractivity contribution < 1.29 is 4.79 Å². The lowest BCUT2D eigenvalue weighted by molar-refractivity contribution is -0.126. The molecule has 3 nitrogen and oxygen atoms in total. The van der Waals surface area contributed by atoms with Crippen LogP contribution in [0, 0.1) is 5.92 Å². The average molecular weight is 267 g/mol. The maximum Gasteiger partial charge on any atom is 0.223 e. The number of hydrogen-bond donors (Lipinski definition) is 2. The highest BCUT2D eigenvalue weighted by atomic mass is 35.5. The minimum atomic E-state index is -0.0407. The van der Waals surface area contributed by atoms with E-state index in [0.29, 0.717) is 5.02 Å². The van der Waals surface area contributed by atoms with Crippen molar-refractivity contribution in [1.29, 1.82) is 0 Å². The molecule has 0 aromatic heterocycles. The first kappa shape index (κ1) is 13.4. The van der Waals surface area contributed by atoms with Crippen LogP contribution < -0.4 is 10.6 Å². The third kappa shape index (κ3) is 3.24. The first-order chi connectivity index (χ1) is 8.68. The lowest BCUT2D eigenvalue weighted by Gasteiger charge is -2.24. The van der Waals surface area contributed by atoms with E-state index in [0.717, 1.165) is 31.5 Å². The molecule has 1 saturated heterocycles. The lowest BCUT2D eigenvalue weighted by Crippen LogP contribution is -2.39. The molecule has 1 aliphatic heterocycles. The highest BCUT2D eigenvalue weighted by Crippen LogP contribution is 2.23. The van der Waals surface area contributed by atoms with E-state index in [9.17, 15) is 4.79 Å². The van der Waals surface area contributed by atoms with Gasteiger partial charge >= 0.3 is 0 Å². The number of nitrogens with one attached hydrogen (secondary N) is 2. The fraction of sp³-hybridized carbons (Fsp3) is 0.500. The van der Waals surface area contributed by atoms with E-state index in [1.165, 1.54) is 0 Å². The molecule has 1 amide bonds. The Balaban J connectivity index is 1.96. The van der Waals surface area contributed by atoms with Gasteiger partial charge in [0.25, 0.3) is 0 Å². The molecule has 0 aliphatic carbocycles. The minimum Gasteiger partial charge on any atom is -0.349 e. The standard InChI is InChI=1S/C14H19ClN2O/c1-10(12-4-2-3-5-13(12)15)17-14(18)11-6-8-16-9-7-11/h2-5,10-11,16H,6-9H2,1H3,(H,17,18)/t10-/m1/s1. The molecule has 2 rings (SSSR count). The molecule has 0 saturated carbocycles. The second-order valence-electron chi connectivity index (χ2n) is 4.78. The van der Waals surface area contributed by atoms with Gasteiger partial charge in [-0.1, -0.05) is 29.8 Å². The van der Waals surface area contributed by atoms with Gasteiger partial charge in [-0.25, -0.2) is 0 Å². The molecular formula is C14H19ClN2O. The Morgan fingerprint density at radius 3 is 2.72 bits per heavy atom. The monoisotopic (exact) mass is 266 g/mol. The van der Waals surface area contributed by atoms with Crippen LogP contribution in [0.3, 0.4) is 0 Å². The van der Waals surface area contributed by atoms with Gasteiger partial charge in [-0.15, -0.1) is 0 Å². The van der Waals surface area contributed by atoms with Crippen LogP contribution in [-0.4, -0.2) is 19.0 Å². The number of hydrogen-bond acceptors (Lipinski definition) is 2. The van der Waals surface area contributed by atoms with Gasteiger partial charge in [0.2, 0.25) is 5.91 Å². The van der Waals surface area contributed by atoms with Crippen molar-refractivity contribution in [3.05, 3.63) is 34.9 Å². The van der Waals surface area contributed by atoms with Crippen molar-refractivity contribution in [2.75, 3.05) is 13.1 Å². The summed E-state index contributed by atoms with van der Waals surface area (Å²) < 4.78 is 0. The summed E-state index contributed by atoms with van der Waals surface area (Å²) in [7, 11) is 0. The molecule has 18 heavy (non-hydrogen) atoms. The predicted molar refractivity (Wildman–Crippen MR) is 73.6 cm³/mol. The van der Waals surface area contributed by atoms with E-state index in [1.54, 1.807) is 0 Å². The third-order valence-corrected chi connectivity index (χ3v) is 3.78. The largest absolute Gasteiger partial charge is 0.349 e. The minimum absolute atomic E-state index is 0.0407. The van der Waals surface area contributed by atoms with Crippen molar-refractivity contribution >= 4 is 17.5 Å². The number of halogens is 1. The summed E-state index contributed by atoms with van der Waals surface area (Å²) in [5, 5.41) is 7.02. The summed E-state index contributed by atoms with van der Waals surface area (Å²) in [4.78, 5) is 12.1. The maximum absolute atomic E-state index is 12.1. The Bertz CT molecular complexity index is 416. The molecule has 1 fully saturated rings. The van der Waals surface area contributed by atoms with Crippen LogP contribution in [0.4, 0.5) is 0 Å². The Morgan fingerprint density at radius 1 is 1.39 bits per heavy atom. The van der Waals surface area contributed by atoms with Crippen LogP contribution in [0.1, 0.15) is 31.4 Å². The summed E-state index contributed by atoms with van der Waals surface area (Å²) in [6.45, 7) is 3.83. The molecule has 1 atom stereocenters. The molecule has 0 radical (unpaired) electrons. The van der Waals surface area contributed by atoms with Gasteiger partial charge < -0.3 is 10.6 Å². The van der Waals surface area contributed by atoms with E-state index in [4.69, 9.17) is 11.6 Å². The van der Waals surface area contributed by atoms with Gasteiger partial charge in [0.1, 0.15) is 0 Å². The lowest BCUT2D eigenvalue weighted by atomic mass is 9.96. The molecule has 0 bridgehead atoms. The zero-order valence-corrected chi connectivity index (χ0v) is 11.3. The fourth-order valence-corrected chi connectivity index (χ4v) is 2.62. The summed E-state index contributed by atoms with van der Waals surface area (Å²) in [5.74, 6) is 0.278. The van der Waals surface area contributed by atoms with Crippen LogP contribution in [0.25, 0.3) is 0 Å². The van der Waals surface area contributed by atoms with Gasteiger partial charge in [0.15, 0.2) is 0 Å². The van der Waals surface area contributed by atoms with Gasteiger partial charge in [0.05, 0.1) is 6.04 Å². The smallest absolute Gasteiger partial charge is 0.223 e. The van der Waals surface area contributed by atoms with Crippen molar-refractivity contribution in [2.45, 2.75) is 25.8 Å². The maximum atomic E-state index is 12.1. The Hall–Kier alpha value is -1.06. The van der Waals surface area contributed by atoms with E-state index < -0.39 is 0 Å². The number of piperidine rings is 1. The van der Waals surface area contributed by atoms with E-state index in [-0.39, 0.29) is 17.9 Å². The summed E-state index contributed by atoms with van der Waals surface area (Å²) in [6.07, 6.45) is 1.84. The van der Waals surface area contributed by atoms with Crippen molar-refractivity contribution in [3.63, 3.8) is 0 Å². The molecule has 4 heteroatoms. The number of benzene rings is 1. The summed E-state index contributed by atoms with van der Waals surface area (Å²) in [6, 6.07) is 7.60. The first-order valence-electron chi connectivity index (χ1n) is 6.44. The van der Waals surface area contributed by atoms with Crippen LogP contribution in [0.5, 0.6) is 0 Å². The van der Waals surface area contributed by atoms with Crippen molar-refractivity contribution in [3.8, 4) is 0 Å². The van der Waals surface area contributed by atoms with Gasteiger partial charge in [-0.3, -0.25) is 4.79 Å². The van der Waals surface area contributed by atoms with Gasteiger partial charge in [0, 0.05) is 10.9 Å². The Labute approximate surface area is 113 Å². The molecule has 98 valence electrons. The average Bonchev–Trinajstić information content (AvgIpc) is 2.40. The molecule has 1 aromatic carbocycles. The van der Waals surface area contributed by atoms with Gasteiger partial charge in [-0.2, -0.15) is 0 Å². The molecule has 0 unspecified atom stereocenters. The number of rotatable bonds is 3. The van der Waals surface area contributed by atoms with Crippen LogP contribution in [-0.2, 0) is 4.79 Å². The normalized spacial score (nSPS) is 18.3. The number of amides is 1. The van der Waals surface area contributed by atoms with Crippen molar-refractivity contribution in [1.82, 2.24) is 10.6 Å². The molecule has 2 N–H and O–H groups in total. The number of carbonyl (C=O) groups excluding carboxylic acids is 1. The predicted octanol–water partition coefficient (Wildman–Crippen LogP) is 2.52. The highest BCUT2D eigenvalue weighted by Gasteiger charge is 2.22. The SMILES string of the molecule is C[C@@H](NC(=O)C1CCNCC1)c1ccccc1Cl. The molecule has 1 aliphatic rings. The Kier molecular flexibility index (Phi) is 4.61. The fourth-order valence-electron chi connectivity index (χ4n) is 2.32. The van der Waals surface area contributed by atoms with E-state index >= 15 is 0 Å². The zero-order valence-electron chi connectivity index (χ0n) is 10.6. The Morgan fingerprint density at radius 2 is 2.06 bits per heavy atom. The quantitative estimate of drug-likeness (QED) is 0.883. The van der Waals surface area contributed by atoms with Crippen LogP contribution >= 0.6 is 11.6 Å². The molecule has 0 spiro atoms. The van der Waals surface area contributed by atoms with Gasteiger partial charge in [-0.05, 0) is 44.5 Å². The van der Waals surface area contributed by atoms with Crippen LogP contribution in [0.2, 0.25) is 5.02 Å². The molecule has 1 aromatic rings. The molecular weight excluding hydrogens is 248 g/mol. The van der Waals surface area contributed by atoms with E-state index in [2.05, 4.69) is 10.6 Å². The van der Waals surface area contributed by atoms with Crippen LogP contribution in [0.15, 0.2) is 24.3 Å². The molecule has 1 heterocycles. The number of carbonyl (C=O) groups is 1. The third-order valence-electron chi connectivity index (χ3n) is 3.44. The second kappa shape index (κ2) is 6.21. The second-order valence-corrected chi connectivity index (χ2v) is 5.18. The first-order valence-corrected chi connectivity index (χ1v) is 6.82.